The number of benzene rings is 1. The van der Waals surface area contributed by atoms with Gasteiger partial charge in [0.2, 0.25) is 11.8 Å². The Labute approximate surface area is 198 Å². The second-order valence-electron chi connectivity index (χ2n) is 6.77. The van der Waals surface area contributed by atoms with Crippen LogP contribution in [0.1, 0.15) is 0 Å². The summed E-state index contributed by atoms with van der Waals surface area (Å²) in [6.45, 7) is 0. The van der Waals surface area contributed by atoms with Gasteiger partial charge in [-0.3, -0.25) is 9.71 Å². The van der Waals surface area contributed by atoms with Crippen molar-refractivity contribution in [1.29, 1.82) is 0 Å². The molecule has 0 spiro atoms. The van der Waals surface area contributed by atoms with Crippen LogP contribution in [0.15, 0.2) is 83.6 Å². The zero-order chi connectivity index (χ0) is 22.8. The van der Waals surface area contributed by atoms with Crippen LogP contribution in [0.2, 0.25) is 5.02 Å². The minimum Gasteiger partial charge on any atom is -0.420 e. The molecule has 0 saturated carbocycles. The molecule has 5 rings (SSSR count). The zero-order valence-electron chi connectivity index (χ0n) is 16.7. The van der Waals surface area contributed by atoms with Gasteiger partial charge in [-0.1, -0.05) is 17.7 Å². The van der Waals surface area contributed by atoms with Gasteiger partial charge in [0, 0.05) is 17.3 Å². The van der Waals surface area contributed by atoms with Crippen LogP contribution in [0.4, 0.5) is 5.69 Å². The Morgan fingerprint density at radius 3 is 2.64 bits per heavy atom. The van der Waals surface area contributed by atoms with Gasteiger partial charge >= 0.3 is 0 Å². The molecule has 1 aromatic carbocycles. The number of hydrogen-bond acceptors (Lipinski definition) is 8. The van der Waals surface area contributed by atoms with E-state index in [-0.39, 0.29) is 10.1 Å². The zero-order valence-corrected chi connectivity index (χ0v) is 19.1. The minimum atomic E-state index is -3.78. The summed E-state index contributed by atoms with van der Waals surface area (Å²) in [4.78, 5) is 17.5. The third-order valence-electron chi connectivity index (χ3n) is 4.52. The number of halogens is 1. The molecule has 33 heavy (non-hydrogen) atoms. The Morgan fingerprint density at radius 2 is 1.85 bits per heavy atom. The van der Waals surface area contributed by atoms with Crippen molar-refractivity contribution in [2.45, 2.75) is 4.21 Å². The summed E-state index contributed by atoms with van der Waals surface area (Å²) in [5.74, 6) is 0.569. The van der Waals surface area contributed by atoms with Crippen LogP contribution in [0.5, 0.6) is 11.8 Å². The van der Waals surface area contributed by atoms with E-state index in [4.69, 9.17) is 16.3 Å². The molecule has 8 nitrogen and oxygen atoms in total. The van der Waals surface area contributed by atoms with Crippen LogP contribution in [-0.2, 0) is 10.0 Å². The maximum absolute atomic E-state index is 12.8. The lowest BCUT2D eigenvalue weighted by molar-refractivity contribution is 0.450. The number of fused-ring (bicyclic) bond motifs is 1. The van der Waals surface area contributed by atoms with Gasteiger partial charge in [-0.25, -0.2) is 23.4 Å². The fourth-order valence-corrected chi connectivity index (χ4v) is 5.50. The predicted octanol–water partition coefficient (Wildman–Crippen LogP) is 5.39. The van der Waals surface area contributed by atoms with Crippen molar-refractivity contribution in [3.05, 3.63) is 84.4 Å². The van der Waals surface area contributed by atoms with Crippen LogP contribution in [-0.4, -0.2) is 28.4 Å². The van der Waals surface area contributed by atoms with Crippen LogP contribution in [0.25, 0.3) is 21.5 Å². The molecule has 0 bridgehead atoms. The highest BCUT2D eigenvalue weighted by Crippen LogP contribution is 2.31. The van der Waals surface area contributed by atoms with Crippen molar-refractivity contribution in [2.24, 2.45) is 0 Å². The van der Waals surface area contributed by atoms with Crippen molar-refractivity contribution >= 4 is 49.6 Å². The van der Waals surface area contributed by atoms with Crippen LogP contribution < -0.4 is 9.46 Å². The van der Waals surface area contributed by atoms with Gasteiger partial charge in [-0.05, 0) is 48.5 Å². The van der Waals surface area contributed by atoms with Gasteiger partial charge in [-0.2, -0.15) is 0 Å². The van der Waals surface area contributed by atoms with E-state index in [0.717, 1.165) is 16.2 Å². The Kier molecular flexibility index (Phi) is 5.63. The fourth-order valence-electron chi connectivity index (χ4n) is 3.00. The molecule has 0 atom stereocenters. The first kappa shape index (κ1) is 21.3. The average molecular weight is 496 g/mol. The highest BCUT2D eigenvalue weighted by molar-refractivity contribution is 7.94. The maximum atomic E-state index is 12.8. The first-order valence-electron chi connectivity index (χ1n) is 9.56. The Balaban J connectivity index is 1.33. The van der Waals surface area contributed by atoms with E-state index in [9.17, 15) is 8.42 Å². The highest BCUT2D eigenvalue weighted by atomic mass is 35.5. The summed E-state index contributed by atoms with van der Waals surface area (Å²) < 4.78 is 34.0. The van der Waals surface area contributed by atoms with E-state index in [2.05, 4.69) is 24.7 Å². The topological polar surface area (TPSA) is 107 Å². The molecule has 0 unspecified atom stereocenters. The second kappa shape index (κ2) is 8.74. The van der Waals surface area contributed by atoms with Crippen LogP contribution in [0, 0.1) is 0 Å². The van der Waals surface area contributed by atoms with Crippen molar-refractivity contribution in [3.8, 4) is 22.3 Å². The summed E-state index contributed by atoms with van der Waals surface area (Å²) in [6.07, 6.45) is 4.41. The number of thiophene rings is 1. The van der Waals surface area contributed by atoms with Gasteiger partial charge in [-0.15, -0.1) is 11.3 Å². The third kappa shape index (κ3) is 4.63. The van der Waals surface area contributed by atoms with E-state index >= 15 is 0 Å². The maximum Gasteiger partial charge on any atom is 0.271 e. The Hall–Kier alpha value is -3.60. The standard InChI is InChI=1S/C22H14ClN5O3S2/c23-14-4-6-16-18(11-14)26-13-27-22(16)31-20-8-5-15(12-25-20)28-33(29,30)21-9-7-19(32-21)17-3-1-2-10-24-17/h1-13,28H. The molecule has 4 heterocycles. The van der Waals surface area contributed by atoms with Gasteiger partial charge in [0.1, 0.15) is 10.5 Å². The summed E-state index contributed by atoms with van der Waals surface area (Å²) in [5, 5.41) is 1.23. The molecule has 0 saturated heterocycles. The summed E-state index contributed by atoms with van der Waals surface area (Å²) in [6, 6.07) is 17.1. The molecule has 11 heteroatoms. The van der Waals surface area contributed by atoms with Crippen molar-refractivity contribution in [2.75, 3.05) is 4.72 Å². The molecule has 0 aliphatic rings. The van der Waals surface area contributed by atoms with Crippen LogP contribution >= 0.6 is 22.9 Å². The number of anilines is 1. The molecule has 0 aliphatic carbocycles. The largest absolute Gasteiger partial charge is 0.420 e. The molecular weight excluding hydrogens is 482 g/mol. The number of nitrogens with one attached hydrogen (secondary N) is 1. The first-order chi connectivity index (χ1) is 16.0. The molecule has 0 fully saturated rings. The normalized spacial score (nSPS) is 11.4. The van der Waals surface area contributed by atoms with Gasteiger partial charge < -0.3 is 4.74 Å². The Morgan fingerprint density at radius 1 is 0.939 bits per heavy atom. The number of ether oxygens (including phenoxy) is 1. The lowest BCUT2D eigenvalue weighted by atomic mass is 10.2. The number of sulfonamides is 1. The van der Waals surface area contributed by atoms with Crippen molar-refractivity contribution in [1.82, 2.24) is 19.9 Å². The molecule has 5 aromatic rings. The van der Waals surface area contributed by atoms with E-state index in [1.165, 1.54) is 12.5 Å². The number of nitrogens with zero attached hydrogens (tertiary/aromatic N) is 4. The lowest BCUT2D eigenvalue weighted by Gasteiger charge is -2.09. The van der Waals surface area contributed by atoms with E-state index in [1.54, 1.807) is 54.7 Å². The average Bonchev–Trinajstić information content (AvgIpc) is 3.32. The first-order valence-corrected chi connectivity index (χ1v) is 12.2. The van der Waals surface area contributed by atoms with Gasteiger partial charge in [0.25, 0.3) is 10.0 Å². The second-order valence-corrected chi connectivity index (χ2v) is 10.2. The quantitative estimate of drug-likeness (QED) is 0.336. The van der Waals surface area contributed by atoms with E-state index < -0.39 is 10.0 Å². The number of hydrogen-bond donors (Lipinski definition) is 1. The van der Waals surface area contributed by atoms with Gasteiger partial charge in [0.05, 0.1) is 33.4 Å². The number of rotatable bonds is 6. The molecular formula is C22H14ClN5O3S2. The number of pyridine rings is 2. The summed E-state index contributed by atoms with van der Waals surface area (Å²) >= 11 is 7.14. The fraction of sp³-hybridized carbons (Fsp3) is 0. The molecule has 164 valence electrons. The van der Waals surface area contributed by atoms with Crippen LogP contribution in [0.3, 0.4) is 0 Å². The molecule has 1 N–H and O–H groups in total. The smallest absolute Gasteiger partial charge is 0.271 e. The number of aromatic nitrogens is 4. The monoisotopic (exact) mass is 495 g/mol. The molecule has 4 aromatic heterocycles. The third-order valence-corrected chi connectivity index (χ3v) is 7.73. The van der Waals surface area contributed by atoms with Crippen molar-refractivity contribution in [3.63, 3.8) is 0 Å². The minimum absolute atomic E-state index is 0.176. The van der Waals surface area contributed by atoms with Crippen molar-refractivity contribution < 1.29 is 13.2 Å². The summed E-state index contributed by atoms with van der Waals surface area (Å²) in [5.41, 5.74) is 1.65. The molecule has 0 radical (unpaired) electrons. The summed E-state index contributed by atoms with van der Waals surface area (Å²) in [7, 11) is -3.78. The SMILES string of the molecule is O=S(=O)(Nc1ccc(Oc2ncnc3cc(Cl)ccc23)nc1)c1ccc(-c2ccccn2)s1. The Bertz CT molecular complexity index is 1540. The highest BCUT2D eigenvalue weighted by Gasteiger charge is 2.18. The van der Waals surface area contributed by atoms with E-state index in [1.807, 2.05) is 12.1 Å². The van der Waals surface area contributed by atoms with E-state index in [0.29, 0.717) is 33.2 Å². The molecule has 0 aliphatic heterocycles. The predicted molar refractivity (Wildman–Crippen MR) is 127 cm³/mol. The van der Waals surface area contributed by atoms with Gasteiger partial charge in [0.15, 0.2) is 0 Å². The molecule has 0 amide bonds. The lowest BCUT2D eigenvalue weighted by Crippen LogP contribution is -2.11.